The van der Waals surface area contributed by atoms with Crippen LogP contribution in [0.2, 0.25) is 5.02 Å². The number of nitrogens with one attached hydrogen (secondary N) is 1. The molecule has 0 bridgehead atoms. The van der Waals surface area contributed by atoms with Crippen LogP contribution in [-0.4, -0.2) is 35.0 Å². The maximum Gasteiger partial charge on any atom is 0.249 e. The van der Waals surface area contributed by atoms with E-state index in [1.165, 1.54) is 4.90 Å². The van der Waals surface area contributed by atoms with Crippen LogP contribution in [-0.2, 0) is 14.4 Å². The van der Waals surface area contributed by atoms with Crippen molar-refractivity contribution in [2.75, 3.05) is 10.2 Å². The molecule has 34 heavy (non-hydrogen) atoms. The van der Waals surface area contributed by atoms with Crippen LogP contribution in [0.4, 0.5) is 11.4 Å². The number of hydrogen-bond donors (Lipinski definition) is 1. The maximum atomic E-state index is 13.7. The number of hydrogen-bond acceptors (Lipinski definition) is 5. The fourth-order valence-electron chi connectivity index (χ4n) is 5.25. The highest BCUT2D eigenvalue weighted by atomic mass is 35.5. The third-order valence-corrected chi connectivity index (χ3v) is 6.94. The van der Waals surface area contributed by atoms with Crippen molar-refractivity contribution in [2.45, 2.75) is 12.1 Å². The van der Waals surface area contributed by atoms with Gasteiger partial charge >= 0.3 is 0 Å². The van der Waals surface area contributed by atoms with E-state index in [1.807, 2.05) is 42.5 Å². The minimum absolute atomic E-state index is 0.339. The summed E-state index contributed by atoms with van der Waals surface area (Å²) in [6.45, 7) is 0. The van der Waals surface area contributed by atoms with Crippen molar-refractivity contribution in [1.82, 2.24) is 5.01 Å². The number of rotatable bonds is 3. The third kappa shape index (κ3) is 3.04. The van der Waals surface area contributed by atoms with E-state index in [2.05, 4.69) is 10.4 Å². The maximum absolute atomic E-state index is 13.7. The van der Waals surface area contributed by atoms with Gasteiger partial charge in [0.15, 0.2) is 0 Å². The number of halogens is 1. The van der Waals surface area contributed by atoms with E-state index in [0.717, 1.165) is 11.1 Å². The van der Waals surface area contributed by atoms with Crippen LogP contribution >= 0.6 is 11.6 Å². The van der Waals surface area contributed by atoms with Crippen LogP contribution in [0.15, 0.2) is 84.0 Å². The molecule has 3 amide bonds. The first-order valence-electron chi connectivity index (χ1n) is 10.9. The van der Waals surface area contributed by atoms with Gasteiger partial charge in [-0.25, -0.2) is 4.90 Å². The van der Waals surface area contributed by atoms with E-state index < -0.39 is 29.8 Å². The van der Waals surface area contributed by atoms with Gasteiger partial charge in [-0.05, 0) is 47.5 Å². The Kier molecular flexibility index (Phi) is 4.74. The molecular weight excluding hydrogens is 452 g/mol. The Hall–Kier alpha value is -3.97. The molecule has 3 aliphatic heterocycles. The summed E-state index contributed by atoms with van der Waals surface area (Å²) in [5.41, 5.74) is 2.80. The van der Waals surface area contributed by atoms with E-state index in [-0.39, 0.29) is 11.8 Å². The number of para-hydroxylation sites is 1. The lowest BCUT2D eigenvalue weighted by molar-refractivity contribution is -0.129. The number of anilines is 2. The summed E-state index contributed by atoms with van der Waals surface area (Å²) in [6.07, 6.45) is 1.68. The fourth-order valence-corrected chi connectivity index (χ4v) is 5.38. The van der Waals surface area contributed by atoms with E-state index in [4.69, 9.17) is 11.6 Å². The highest BCUT2D eigenvalue weighted by molar-refractivity contribution is 6.31. The van der Waals surface area contributed by atoms with E-state index in [0.29, 0.717) is 16.4 Å². The molecule has 2 fully saturated rings. The topological polar surface area (TPSA) is 82.1 Å². The molecule has 3 aromatic rings. The lowest BCUT2D eigenvalue weighted by Crippen LogP contribution is -2.46. The molecule has 8 heteroatoms. The quantitative estimate of drug-likeness (QED) is 0.589. The van der Waals surface area contributed by atoms with Crippen molar-refractivity contribution in [1.29, 1.82) is 0 Å². The molecule has 0 radical (unpaired) electrons. The van der Waals surface area contributed by atoms with Crippen molar-refractivity contribution in [3.8, 4) is 0 Å². The van der Waals surface area contributed by atoms with Gasteiger partial charge in [-0.1, -0.05) is 54.1 Å². The van der Waals surface area contributed by atoms with Crippen LogP contribution in [0.3, 0.4) is 0 Å². The van der Waals surface area contributed by atoms with Crippen molar-refractivity contribution < 1.29 is 14.4 Å². The standard InChI is InChI=1S/C26H19ClN4O3/c27-16-10-12-18(13-11-16)30-25(33)20-21(26(30)34)23(24(32)29-17-7-2-1-3-8-17)31-22(20)19-9-5-4-6-15(19)14-28-31/h1-14,20-23H,(H,29,32)/t20-,21+,22+,23-/m1/s1. The SMILES string of the molecule is O=C(Nc1ccccc1)[C@H]1[C@H]2C(=O)N(c3ccc(Cl)cc3)C(=O)[C@H]2[C@@H]2c3ccccc3C=NN12. The monoisotopic (exact) mass is 470 g/mol. The lowest BCUT2D eigenvalue weighted by atomic mass is 9.85. The smallest absolute Gasteiger partial charge is 0.249 e. The molecule has 168 valence electrons. The number of hydrazone groups is 1. The summed E-state index contributed by atoms with van der Waals surface area (Å²) in [7, 11) is 0. The summed E-state index contributed by atoms with van der Waals surface area (Å²) in [4.78, 5) is 42.2. The van der Waals surface area contributed by atoms with E-state index >= 15 is 0 Å². The molecule has 1 N–H and O–H groups in total. The van der Waals surface area contributed by atoms with E-state index in [1.54, 1.807) is 47.6 Å². The lowest BCUT2D eigenvalue weighted by Gasteiger charge is -2.33. The number of imide groups is 1. The summed E-state index contributed by atoms with van der Waals surface area (Å²) >= 11 is 6.01. The first kappa shape index (κ1) is 20.6. The zero-order valence-corrected chi connectivity index (χ0v) is 18.6. The number of carbonyl (C=O) groups is 3. The number of nitrogens with zero attached hydrogens (tertiary/aromatic N) is 3. The zero-order valence-electron chi connectivity index (χ0n) is 17.8. The third-order valence-electron chi connectivity index (χ3n) is 6.69. The van der Waals surface area contributed by atoms with Crippen LogP contribution < -0.4 is 10.2 Å². The normalized spacial score (nSPS) is 24.6. The molecular formula is C26H19ClN4O3. The second-order valence-electron chi connectivity index (χ2n) is 8.54. The van der Waals surface area contributed by atoms with Gasteiger partial charge in [0.2, 0.25) is 17.7 Å². The fraction of sp³-hybridized carbons (Fsp3) is 0.154. The highest BCUT2D eigenvalue weighted by Crippen LogP contribution is 2.52. The van der Waals surface area contributed by atoms with Crippen LogP contribution in [0.1, 0.15) is 17.2 Å². The highest BCUT2D eigenvalue weighted by Gasteiger charge is 2.65. The minimum atomic E-state index is -0.937. The van der Waals surface area contributed by atoms with Gasteiger partial charge in [0.05, 0.1) is 29.8 Å². The molecule has 3 aliphatic rings. The molecule has 3 heterocycles. The first-order chi connectivity index (χ1) is 16.5. The Bertz CT molecular complexity index is 1340. The Morgan fingerprint density at radius 2 is 1.53 bits per heavy atom. The van der Waals surface area contributed by atoms with Gasteiger partial charge in [0, 0.05) is 10.7 Å². The number of benzene rings is 3. The van der Waals surface area contributed by atoms with Gasteiger partial charge in [0.1, 0.15) is 6.04 Å². The second-order valence-corrected chi connectivity index (χ2v) is 8.97. The van der Waals surface area contributed by atoms with Gasteiger partial charge in [-0.2, -0.15) is 5.10 Å². The summed E-state index contributed by atoms with van der Waals surface area (Å²) in [5, 5.41) is 9.58. The van der Waals surface area contributed by atoms with Crippen molar-refractivity contribution in [3.63, 3.8) is 0 Å². The van der Waals surface area contributed by atoms with Gasteiger partial charge in [-0.3, -0.25) is 19.4 Å². The molecule has 0 unspecified atom stereocenters. The molecule has 2 saturated heterocycles. The van der Waals surface area contributed by atoms with Crippen molar-refractivity contribution in [2.24, 2.45) is 16.9 Å². The summed E-state index contributed by atoms with van der Waals surface area (Å²) < 4.78 is 0. The molecule has 0 spiro atoms. The zero-order chi connectivity index (χ0) is 23.4. The molecule has 4 atom stereocenters. The Labute approximate surface area is 200 Å². The number of fused-ring (bicyclic) bond motifs is 5. The van der Waals surface area contributed by atoms with Crippen molar-refractivity contribution in [3.05, 3.63) is 95.0 Å². The van der Waals surface area contributed by atoms with Gasteiger partial charge in [0.25, 0.3) is 0 Å². The first-order valence-corrected chi connectivity index (χ1v) is 11.3. The predicted molar refractivity (Wildman–Crippen MR) is 128 cm³/mol. The van der Waals surface area contributed by atoms with Gasteiger partial charge < -0.3 is 5.32 Å². The molecule has 0 aliphatic carbocycles. The average molecular weight is 471 g/mol. The molecule has 0 aromatic heterocycles. The minimum Gasteiger partial charge on any atom is -0.324 e. The molecule has 3 aromatic carbocycles. The van der Waals surface area contributed by atoms with Gasteiger partial charge in [-0.15, -0.1) is 0 Å². The molecule has 0 saturated carbocycles. The van der Waals surface area contributed by atoms with E-state index in [9.17, 15) is 14.4 Å². The number of amides is 3. The van der Waals surface area contributed by atoms with Crippen LogP contribution in [0.5, 0.6) is 0 Å². The number of carbonyl (C=O) groups excluding carboxylic acids is 3. The Morgan fingerprint density at radius 3 is 2.29 bits per heavy atom. The van der Waals surface area contributed by atoms with Crippen LogP contribution in [0, 0.1) is 11.8 Å². The Morgan fingerprint density at radius 1 is 0.853 bits per heavy atom. The average Bonchev–Trinajstić information content (AvgIpc) is 3.33. The summed E-state index contributed by atoms with van der Waals surface area (Å²) in [5.74, 6) is -2.74. The largest absolute Gasteiger partial charge is 0.324 e. The summed E-state index contributed by atoms with van der Waals surface area (Å²) in [6, 6.07) is 21.8. The Balaban J connectivity index is 1.45. The van der Waals surface area contributed by atoms with Crippen LogP contribution in [0.25, 0.3) is 0 Å². The molecule has 7 nitrogen and oxygen atoms in total. The predicted octanol–water partition coefficient (Wildman–Crippen LogP) is 3.86. The van der Waals surface area contributed by atoms with Crippen molar-refractivity contribution >= 4 is 46.9 Å². The second kappa shape index (κ2) is 7.81. The molecule has 6 rings (SSSR count).